The summed E-state index contributed by atoms with van der Waals surface area (Å²) in [7, 11) is 0. The van der Waals surface area contributed by atoms with Gasteiger partial charge in [0.15, 0.2) is 0 Å². The van der Waals surface area contributed by atoms with Crippen LogP contribution >= 0.6 is 0 Å². The Bertz CT molecular complexity index is 185. The molecule has 0 bridgehead atoms. The van der Waals surface area contributed by atoms with Crippen molar-refractivity contribution < 1.29 is 63.7 Å². The molecule has 0 aromatic rings. The molecular weight excluding hydrogens is 340 g/mol. The third kappa shape index (κ3) is 15.3. The van der Waals surface area contributed by atoms with Crippen molar-refractivity contribution in [3.05, 3.63) is 5.73 Å². The monoisotopic (exact) mass is 363 g/mol. The number of amides is 1. The quantitative estimate of drug-likeness (QED) is 0.433. The molecule has 6 heteroatoms. The summed E-state index contributed by atoms with van der Waals surface area (Å²) in [5.41, 5.74) is 7.23. The molecule has 1 fully saturated rings. The normalized spacial score (nSPS) is 17.9. The summed E-state index contributed by atoms with van der Waals surface area (Å²) in [6.07, 6.45) is 13.5. The fourth-order valence-corrected chi connectivity index (χ4v) is 2.43. The fraction of sp³-hybridized carbons (Fsp3) is 0.923. The van der Waals surface area contributed by atoms with Gasteiger partial charge in [-0.25, -0.2) is 0 Å². The van der Waals surface area contributed by atoms with E-state index in [0.717, 1.165) is 25.7 Å². The summed E-state index contributed by atoms with van der Waals surface area (Å²) >= 11 is 0. The van der Waals surface area contributed by atoms with Gasteiger partial charge in [-0.15, -0.1) is 0 Å². The SMILES string of the molecule is [Cl-].[Cl-].[Cl-].[NH-]C(=O)C1CCCCCCCCCCC1.[Ti+4]. The summed E-state index contributed by atoms with van der Waals surface area (Å²) in [6.45, 7) is 0. The summed E-state index contributed by atoms with van der Waals surface area (Å²) in [5.74, 6) is -0.281. The van der Waals surface area contributed by atoms with Crippen LogP contribution in [0.15, 0.2) is 0 Å². The molecule has 0 spiro atoms. The van der Waals surface area contributed by atoms with Crippen molar-refractivity contribution in [2.24, 2.45) is 5.92 Å². The van der Waals surface area contributed by atoms with E-state index in [4.69, 9.17) is 5.73 Å². The molecule has 1 aliphatic rings. The van der Waals surface area contributed by atoms with Gasteiger partial charge in [0.2, 0.25) is 0 Å². The summed E-state index contributed by atoms with van der Waals surface area (Å²) in [6, 6.07) is 0. The van der Waals surface area contributed by atoms with Crippen molar-refractivity contribution >= 4 is 5.91 Å². The zero-order valence-electron chi connectivity index (χ0n) is 11.4. The number of carbonyl (C=O) groups is 1. The largest absolute Gasteiger partial charge is 4.00 e. The Kier molecular flexibility index (Phi) is 28.3. The molecule has 0 saturated heterocycles. The van der Waals surface area contributed by atoms with E-state index in [1.165, 1.54) is 44.9 Å². The van der Waals surface area contributed by atoms with Crippen LogP contribution in [0.5, 0.6) is 0 Å². The van der Waals surface area contributed by atoms with E-state index in [-0.39, 0.29) is 70.8 Å². The second-order valence-corrected chi connectivity index (χ2v) is 4.82. The molecule has 19 heavy (non-hydrogen) atoms. The van der Waals surface area contributed by atoms with Crippen molar-refractivity contribution in [3.63, 3.8) is 0 Å². The van der Waals surface area contributed by atoms with Gasteiger partial charge in [0, 0.05) is 5.92 Å². The average molecular weight is 365 g/mol. The van der Waals surface area contributed by atoms with Crippen LogP contribution in [0.4, 0.5) is 0 Å². The maximum atomic E-state index is 11.1. The molecule has 112 valence electrons. The molecular formula is C13H24Cl3NOTi. The van der Waals surface area contributed by atoms with Crippen molar-refractivity contribution in [1.82, 2.24) is 0 Å². The number of nitrogens with one attached hydrogen (secondary N) is 1. The van der Waals surface area contributed by atoms with Gasteiger partial charge in [-0.05, 0) is 12.8 Å². The first-order chi connectivity index (χ1) is 7.30. The minimum atomic E-state index is -0.327. The van der Waals surface area contributed by atoms with Gasteiger partial charge in [-0.1, -0.05) is 57.8 Å². The minimum absolute atomic E-state index is 0. The standard InChI is InChI=1S/C13H25NO.3ClH.Ti/c14-13(15)12-10-8-6-4-2-1-3-5-7-9-11-12;;;;/h12H,1-11H2,(H2,14,15);3*1H;/q;;;;+4/p-4. The fourth-order valence-electron chi connectivity index (χ4n) is 2.43. The molecule has 1 saturated carbocycles. The molecule has 1 amide bonds. The van der Waals surface area contributed by atoms with Crippen LogP contribution in [0.1, 0.15) is 70.6 Å². The molecule has 1 rings (SSSR count). The van der Waals surface area contributed by atoms with Crippen LogP contribution < -0.4 is 37.2 Å². The van der Waals surface area contributed by atoms with E-state index in [0.29, 0.717) is 0 Å². The third-order valence-electron chi connectivity index (χ3n) is 3.48. The summed E-state index contributed by atoms with van der Waals surface area (Å²) in [4.78, 5) is 11.1. The van der Waals surface area contributed by atoms with Crippen molar-refractivity contribution in [2.75, 3.05) is 0 Å². The predicted molar refractivity (Wildman–Crippen MR) is 63.6 cm³/mol. The third-order valence-corrected chi connectivity index (χ3v) is 3.48. The molecule has 0 heterocycles. The van der Waals surface area contributed by atoms with Crippen molar-refractivity contribution in [2.45, 2.75) is 70.6 Å². The first-order valence-corrected chi connectivity index (χ1v) is 6.56. The van der Waals surface area contributed by atoms with Crippen LogP contribution in [0.3, 0.4) is 0 Å². The van der Waals surface area contributed by atoms with Gasteiger partial charge in [0.05, 0.1) is 5.91 Å². The van der Waals surface area contributed by atoms with E-state index in [9.17, 15) is 4.79 Å². The van der Waals surface area contributed by atoms with E-state index in [1.54, 1.807) is 0 Å². The Morgan fingerprint density at radius 3 is 1.21 bits per heavy atom. The van der Waals surface area contributed by atoms with Gasteiger partial charge in [0.1, 0.15) is 0 Å². The van der Waals surface area contributed by atoms with Gasteiger partial charge in [-0.2, -0.15) is 0 Å². The number of hydrogen-bond donors (Lipinski definition) is 0. The molecule has 0 aromatic carbocycles. The number of hydrogen-bond acceptors (Lipinski definition) is 1. The van der Waals surface area contributed by atoms with Crippen LogP contribution in [0, 0.1) is 5.92 Å². The maximum absolute atomic E-state index is 11.1. The predicted octanol–water partition coefficient (Wildman–Crippen LogP) is -4.50. The van der Waals surface area contributed by atoms with Crippen molar-refractivity contribution in [1.29, 1.82) is 0 Å². The topological polar surface area (TPSA) is 40.9 Å². The summed E-state index contributed by atoms with van der Waals surface area (Å²) in [5, 5.41) is 0. The Hall–Kier alpha value is 1.05. The Morgan fingerprint density at radius 1 is 0.684 bits per heavy atom. The van der Waals surface area contributed by atoms with Crippen molar-refractivity contribution in [3.8, 4) is 0 Å². The van der Waals surface area contributed by atoms with Gasteiger partial charge < -0.3 is 47.7 Å². The maximum Gasteiger partial charge on any atom is 4.00 e. The first kappa shape index (κ1) is 28.2. The zero-order valence-corrected chi connectivity index (χ0v) is 15.2. The summed E-state index contributed by atoms with van der Waals surface area (Å²) < 4.78 is 0. The molecule has 1 aliphatic carbocycles. The second kappa shape index (κ2) is 19.1. The Balaban J connectivity index is -0.000000281. The van der Waals surface area contributed by atoms with E-state index >= 15 is 0 Å². The van der Waals surface area contributed by atoms with E-state index in [2.05, 4.69) is 0 Å². The van der Waals surface area contributed by atoms with Crippen LogP contribution in [0.25, 0.3) is 5.73 Å². The molecule has 0 unspecified atom stereocenters. The van der Waals surface area contributed by atoms with Crippen LogP contribution in [0.2, 0.25) is 0 Å². The molecule has 0 aliphatic heterocycles. The smallest absolute Gasteiger partial charge is 1.00 e. The van der Waals surface area contributed by atoms with E-state index in [1.807, 2.05) is 0 Å². The Morgan fingerprint density at radius 2 is 0.947 bits per heavy atom. The first-order valence-electron chi connectivity index (χ1n) is 6.56. The second-order valence-electron chi connectivity index (χ2n) is 4.82. The molecule has 0 atom stereocenters. The van der Waals surface area contributed by atoms with Crippen LogP contribution in [-0.2, 0) is 26.5 Å². The molecule has 1 N–H and O–H groups in total. The number of rotatable bonds is 1. The Labute approximate surface area is 151 Å². The molecule has 2 nitrogen and oxygen atoms in total. The zero-order chi connectivity index (χ0) is 10.9. The van der Waals surface area contributed by atoms with Gasteiger partial charge in [-0.3, -0.25) is 0 Å². The van der Waals surface area contributed by atoms with E-state index < -0.39 is 0 Å². The number of halogens is 3. The number of carbonyl (C=O) groups excluding carboxylic acids is 1. The van der Waals surface area contributed by atoms with Gasteiger partial charge >= 0.3 is 21.7 Å². The van der Waals surface area contributed by atoms with Crippen LogP contribution in [-0.4, -0.2) is 5.91 Å². The minimum Gasteiger partial charge on any atom is -1.00 e. The van der Waals surface area contributed by atoms with Gasteiger partial charge in [0.25, 0.3) is 0 Å². The molecule has 0 aromatic heterocycles. The molecule has 0 radical (unpaired) electrons. The average Bonchev–Trinajstić information content (AvgIpc) is 2.18.